The number of anilines is 3. The molecule has 0 bridgehead atoms. The molecule has 2 N–H and O–H groups in total. The second-order valence-corrected chi connectivity index (χ2v) is 6.86. The van der Waals surface area contributed by atoms with Crippen LogP contribution >= 0.6 is 15.9 Å². The number of fused-ring (bicyclic) bond motifs is 1. The summed E-state index contributed by atoms with van der Waals surface area (Å²) in [5.74, 6) is 0.877. The van der Waals surface area contributed by atoms with Crippen LogP contribution in [-0.4, -0.2) is 13.7 Å². The Morgan fingerprint density at radius 2 is 1.90 bits per heavy atom. The van der Waals surface area contributed by atoms with Crippen molar-refractivity contribution in [2.45, 2.75) is 19.3 Å². The van der Waals surface area contributed by atoms with Crippen molar-refractivity contribution in [3.63, 3.8) is 0 Å². The summed E-state index contributed by atoms with van der Waals surface area (Å²) in [6, 6.07) is 12.0. The minimum atomic E-state index is 0.0188. The van der Waals surface area contributed by atoms with Gasteiger partial charge < -0.3 is 15.4 Å². The first-order chi connectivity index (χ1) is 9.95. The van der Waals surface area contributed by atoms with Crippen molar-refractivity contribution in [3.05, 3.63) is 46.4 Å². The third-order valence-electron chi connectivity index (χ3n) is 4.04. The molecule has 0 spiro atoms. The predicted octanol–water partition coefficient (Wildman–Crippen LogP) is 4.47. The summed E-state index contributed by atoms with van der Waals surface area (Å²) >= 11 is 3.69. The fourth-order valence-electron chi connectivity index (χ4n) is 3.12. The van der Waals surface area contributed by atoms with Gasteiger partial charge in [0.25, 0.3) is 0 Å². The SMILES string of the molecule is COc1ccc(Br)c2c1N(c1ccccc1N)CC2(C)C. The van der Waals surface area contributed by atoms with Crippen LogP contribution in [0.5, 0.6) is 5.75 Å². The number of nitrogens with zero attached hydrogens (tertiary/aromatic N) is 1. The molecule has 2 aromatic rings. The Kier molecular flexibility index (Phi) is 3.36. The number of hydrogen-bond acceptors (Lipinski definition) is 3. The summed E-state index contributed by atoms with van der Waals surface area (Å²) < 4.78 is 6.71. The van der Waals surface area contributed by atoms with Gasteiger partial charge >= 0.3 is 0 Å². The number of halogens is 1. The van der Waals surface area contributed by atoms with E-state index in [9.17, 15) is 0 Å². The molecule has 21 heavy (non-hydrogen) atoms. The lowest BCUT2D eigenvalue weighted by Crippen LogP contribution is -2.25. The smallest absolute Gasteiger partial charge is 0.142 e. The highest BCUT2D eigenvalue weighted by Crippen LogP contribution is 2.52. The zero-order chi connectivity index (χ0) is 15.2. The van der Waals surface area contributed by atoms with Gasteiger partial charge in [-0.15, -0.1) is 0 Å². The molecule has 3 rings (SSSR count). The maximum absolute atomic E-state index is 6.18. The van der Waals surface area contributed by atoms with E-state index in [0.717, 1.165) is 33.8 Å². The normalized spacial score (nSPS) is 15.9. The number of para-hydroxylation sites is 2. The molecule has 1 aliphatic rings. The standard InChI is InChI=1S/C17H19BrN2O/c1-17(2)10-20(13-7-5-4-6-12(13)19)16-14(21-3)9-8-11(18)15(16)17/h4-9H,10,19H2,1-3H3. The molecule has 0 saturated heterocycles. The van der Waals surface area contributed by atoms with E-state index < -0.39 is 0 Å². The molecule has 3 nitrogen and oxygen atoms in total. The minimum Gasteiger partial charge on any atom is -0.495 e. The van der Waals surface area contributed by atoms with Crippen LogP contribution in [0.15, 0.2) is 40.9 Å². The number of benzene rings is 2. The molecule has 0 fully saturated rings. The average Bonchev–Trinajstić information content (AvgIpc) is 2.73. The van der Waals surface area contributed by atoms with Crippen molar-refractivity contribution < 1.29 is 4.74 Å². The van der Waals surface area contributed by atoms with Gasteiger partial charge in [-0.25, -0.2) is 0 Å². The molecule has 110 valence electrons. The molecule has 0 atom stereocenters. The summed E-state index contributed by atoms with van der Waals surface area (Å²) in [6.07, 6.45) is 0. The Bertz CT molecular complexity index is 697. The Hall–Kier alpha value is -1.68. The van der Waals surface area contributed by atoms with E-state index in [2.05, 4.69) is 46.8 Å². The van der Waals surface area contributed by atoms with Gasteiger partial charge in [-0.1, -0.05) is 41.9 Å². The molecule has 0 unspecified atom stereocenters. The first kappa shape index (κ1) is 14.3. The molecule has 2 aromatic carbocycles. The van der Waals surface area contributed by atoms with Gasteiger partial charge in [-0.05, 0) is 24.3 Å². The van der Waals surface area contributed by atoms with E-state index in [-0.39, 0.29) is 5.41 Å². The van der Waals surface area contributed by atoms with E-state index in [1.54, 1.807) is 7.11 Å². The van der Waals surface area contributed by atoms with Crippen LogP contribution in [0.4, 0.5) is 17.1 Å². The number of nitrogen functional groups attached to an aromatic ring is 1. The zero-order valence-electron chi connectivity index (χ0n) is 12.5. The molecule has 4 heteroatoms. The fourth-order valence-corrected chi connectivity index (χ4v) is 3.97. The summed E-state index contributed by atoms with van der Waals surface area (Å²) in [6.45, 7) is 5.36. The van der Waals surface area contributed by atoms with Crippen LogP contribution in [0.25, 0.3) is 0 Å². The lowest BCUT2D eigenvalue weighted by atomic mass is 9.87. The monoisotopic (exact) mass is 346 g/mol. The number of rotatable bonds is 2. The van der Waals surface area contributed by atoms with Crippen LogP contribution in [0.1, 0.15) is 19.4 Å². The van der Waals surface area contributed by atoms with Gasteiger partial charge in [0.15, 0.2) is 0 Å². The number of ether oxygens (including phenoxy) is 1. The van der Waals surface area contributed by atoms with E-state index in [4.69, 9.17) is 10.5 Å². The van der Waals surface area contributed by atoms with Crippen LogP contribution in [0.2, 0.25) is 0 Å². The lowest BCUT2D eigenvalue weighted by molar-refractivity contribution is 0.415. The highest BCUT2D eigenvalue weighted by Gasteiger charge is 2.40. The molecule has 0 amide bonds. The average molecular weight is 347 g/mol. The van der Waals surface area contributed by atoms with Crippen LogP contribution in [-0.2, 0) is 5.41 Å². The van der Waals surface area contributed by atoms with Crippen LogP contribution in [0.3, 0.4) is 0 Å². The molecule has 1 aliphatic heterocycles. The third kappa shape index (κ3) is 2.18. The molecular weight excluding hydrogens is 328 g/mol. The van der Waals surface area contributed by atoms with Crippen molar-refractivity contribution in [1.29, 1.82) is 0 Å². The quantitative estimate of drug-likeness (QED) is 0.815. The first-order valence-electron chi connectivity index (χ1n) is 6.95. The lowest BCUT2D eigenvalue weighted by Gasteiger charge is -2.24. The predicted molar refractivity (Wildman–Crippen MR) is 91.6 cm³/mol. The van der Waals surface area contributed by atoms with Crippen molar-refractivity contribution in [2.75, 3.05) is 24.3 Å². The second kappa shape index (κ2) is 4.95. The number of hydrogen-bond donors (Lipinski definition) is 1. The second-order valence-electron chi connectivity index (χ2n) is 6.00. The molecule has 1 heterocycles. The van der Waals surface area contributed by atoms with Crippen LogP contribution < -0.4 is 15.4 Å². The van der Waals surface area contributed by atoms with E-state index >= 15 is 0 Å². The molecule has 0 radical (unpaired) electrons. The maximum Gasteiger partial charge on any atom is 0.142 e. The van der Waals surface area contributed by atoms with Gasteiger partial charge in [0.2, 0.25) is 0 Å². The van der Waals surface area contributed by atoms with Crippen molar-refractivity contribution in [3.8, 4) is 5.75 Å². The zero-order valence-corrected chi connectivity index (χ0v) is 14.1. The van der Waals surface area contributed by atoms with Gasteiger partial charge in [0, 0.05) is 22.0 Å². The van der Waals surface area contributed by atoms with E-state index in [1.165, 1.54) is 5.56 Å². The number of methoxy groups -OCH3 is 1. The molecule has 0 saturated carbocycles. The Morgan fingerprint density at radius 1 is 1.19 bits per heavy atom. The summed E-state index contributed by atoms with van der Waals surface area (Å²) in [5.41, 5.74) is 10.4. The Balaban J connectivity index is 2.26. The van der Waals surface area contributed by atoms with Gasteiger partial charge in [-0.3, -0.25) is 0 Å². The fraction of sp³-hybridized carbons (Fsp3) is 0.294. The molecule has 0 aromatic heterocycles. The largest absolute Gasteiger partial charge is 0.495 e. The van der Waals surface area contributed by atoms with Gasteiger partial charge in [0.05, 0.1) is 24.2 Å². The summed E-state index contributed by atoms with van der Waals surface area (Å²) in [4.78, 5) is 2.26. The number of nitrogens with two attached hydrogens (primary N) is 1. The van der Waals surface area contributed by atoms with Crippen molar-refractivity contribution in [1.82, 2.24) is 0 Å². The molecule has 0 aliphatic carbocycles. The highest BCUT2D eigenvalue weighted by molar-refractivity contribution is 9.10. The van der Waals surface area contributed by atoms with Gasteiger partial charge in [-0.2, -0.15) is 0 Å². The van der Waals surface area contributed by atoms with E-state index in [1.807, 2.05) is 24.3 Å². The summed E-state index contributed by atoms with van der Waals surface area (Å²) in [7, 11) is 1.71. The Labute approximate surface area is 133 Å². The van der Waals surface area contributed by atoms with Crippen molar-refractivity contribution >= 4 is 33.0 Å². The van der Waals surface area contributed by atoms with Crippen molar-refractivity contribution in [2.24, 2.45) is 0 Å². The minimum absolute atomic E-state index is 0.0188. The topological polar surface area (TPSA) is 38.5 Å². The highest BCUT2D eigenvalue weighted by atomic mass is 79.9. The first-order valence-corrected chi connectivity index (χ1v) is 7.74. The molecular formula is C17H19BrN2O. The van der Waals surface area contributed by atoms with Crippen LogP contribution in [0, 0.1) is 0 Å². The third-order valence-corrected chi connectivity index (χ3v) is 4.70. The Morgan fingerprint density at radius 3 is 2.57 bits per heavy atom. The maximum atomic E-state index is 6.18. The summed E-state index contributed by atoms with van der Waals surface area (Å²) in [5, 5.41) is 0. The van der Waals surface area contributed by atoms with E-state index in [0.29, 0.717) is 0 Å². The van der Waals surface area contributed by atoms with Gasteiger partial charge in [0.1, 0.15) is 5.75 Å².